The molecule has 0 radical (unpaired) electrons. The topological polar surface area (TPSA) is 12.0 Å². The van der Waals surface area contributed by atoms with Gasteiger partial charge in [0.2, 0.25) is 0 Å². The number of nitrogens with one attached hydrogen (secondary N) is 1. The average Bonchev–Trinajstić information content (AvgIpc) is 2.06. The van der Waals surface area contributed by atoms with E-state index >= 15 is 0 Å². The summed E-state index contributed by atoms with van der Waals surface area (Å²) in [6, 6.07) is 1.53. The lowest BCUT2D eigenvalue weighted by molar-refractivity contribution is 0.124. The molecule has 0 aromatic carbocycles. The highest BCUT2D eigenvalue weighted by molar-refractivity contribution is 4.90. The third-order valence-corrected chi connectivity index (χ3v) is 5.03. The number of hydrogen-bond donors (Lipinski definition) is 1. The molecule has 0 aromatic rings. The molecule has 2 fully saturated rings. The molecule has 0 saturated heterocycles. The van der Waals surface area contributed by atoms with Gasteiger partial charge >= 0.3 is 0 Å². The Balaban J connectivity index is 1.81. The summed E-state index contributed by atoms with van der Waals surface area (Å²) in [7, 11) is 0. The van der Waals surface area contributed by atoms with Gasteiger partial charge in [-0.1, -0.05) is 27.2 Å². The second kappa shape index (κ2) is 4.68. The van der Waals surface area contributed by atoms with Crippen LogP contribution in [0.25, 0.3) is 0 Å². The highest BCUT2D eigenvalue weighted by Gasteiger charge is 2.34. The van der Waals surface area contributed by atoms with Gasteiger partial charge in [-0.2, -0.15) is 0 Å². The van der Waals surface area contributed by atoms with Crippen LogP contribution in [0.5, 0.6) is 0 Å². The molecule has 0 heterocycles. The summed E-state index contributed by atoms with van der Waals surface area (Å²) in [6.07, 6.45) is 8.55. The maximum Gasteiger partial charge on any atom is 0.00956 e. The fourth-order valence-electron chi connectivity index (χ4n) is 3.61. The summed E-state index contributed by atoms with van der Waals surface area (Å²) in [5.41, 5.74) is 0.581. The van der Waals surface area contributed by atoms with Crippen molar-refractivity contribution in [3.8, 4) is 0 Å². The minimum Gasteiger partial charge on any atom is -0.311 e. The summed E-state index contributed by atoms with van der Waals surface area (Å²) < 4.78 is 0. The first-order valence-corrected chi connectivity index (χ1v) is 7.24. The molecule has 16 heavy (non-hydrogen) atoms. The van der Waals surface area contributed by atoms with Gasteiger partial charge in [0.15, 0.2) is 0 Å². The van der Waals surface area contributed by atoms with Crippen molar-refractivity contribution in [3.63, 3.8) is 0 Å². The monoisotopic (exact) mass is 223 g/mol. The van der Waals surface area contributed by atoms with Crippen LogP contribution in [0.4, 0.5) is 0 Å². The lowest BCUT2D eigenvalue weighted by Gasteiger charge is -2.43. The van der Waals surface area contributed by atoms with Crippen LogP contribution < -0.4 is 5.32 Å². The molecule has 0 spiro atoms. The summed E-state index contributed by atoms with van der Waals surface area (Å²) in [6.45, 7) is 9.69. The molecule has 94 valence electrons. The van der Waals surface area contributed by atoms with E-state index in [1.165, 1.54) is 38.5 Å². The van der Waals surface area contributed by atoms with Crippen LogP contribution in [-0.4, -0.2) is 12.1 Å². The van der Waals surface area contributed by atoms with Gasteiger partial charge in [0.1, 0.15) is 0 Å². The summed E-state index contributed by atoms with van der Waals surface area (Å²) in [4.78, 5) is 0. The van der Waals surface area contributed by atoms with Gasteiger partial charge in [0.25, 0.3) is 0 Å². The Bertz CT molecular complexity index is 230. The van der Waals surface area contributed by atoms with E-state index in [4.69, 9.17) is 0 Å². The molecule has 0 amide bonds. The van der Waals surface area contributed by atoms with E-state index in [-0.39, 0.29) is 0 Å². The number of rotatable bonds is 3. The lowest BCUT2D eigenvalue weighted by Crippen LogP contribution is -2.48. The van der Waals surface area contributed by atoms with Gasteiger partial charge in [0, 0.05) is 12.1 Å². The van der Waals surface area contributed by atoms with Crippen LogP contribution >= 0.6 is 0 Å². The van der Waals surface area contributed by atoms with Gasteiger partial charge in [-0.25, -0.2) is 0 Å². The van der Waals surface area contributed by atoms with Crippen molar-refractivity contribution in [2.24, 2.45) is 17.3 Å². The van der Waals surface area contributed by atoms with Crippen LogP contribution in [0.3, 0.4) is 0 Å². The first-order chi connectivity index (χ1) is 7.48. The highest BCUT2D eigenvalue weighted by Crippen LogP contribution is 2.39. The molecule has 1 nitrogen and oxygen atoms in total. The second-order valence-electron chi connectivity index (χ2n) is 7.14. The van der Waals surface area contributed by atoms with Crippen molar-refractivity contribution in [2.45, 2.75) is 78.3 Å². The van der Waals surface area contributed by atoms with E-state index in [1.807, 2.05) is 0 Å². The zero-order chi connectivity index (χ0) is 11.8. The van der Waals surface area contributed by atoms with Gasteiger partial charge in [-0.15, -0.1) is 0 Å². The Kier molecular flexibility index (Phi) is 3.63. The van der Waals surface area contributed by atoms with Crippen LogP contribution in [0, 0.1) is 17.3 Å². The van der Waals surface area contributed by atoms with E-state index in [9.17, 15) is 0 Å². The highest BCUT2D eigenvalue weighted by atomic mass is 15.0. The van der Waals surface area contributed by atoms with Gasteiger partial charge in [0.05, 0.1) is 0 Å². The van der Waals surface area contributed by atoms with Crippen LogP contribution in [0.15, 0.2) is 0 Å². The largest absolute Gasteiger partial charge is 0.311 e. The standard InChI is InChI=1S/C15H29N/c1-11-10-15(3,4)9-8-14(11)16-12(2)13-6-5-7-13/h11-14,16H,5-10H2,1-4H3. The first-order valence-electron chi connectivity index (χ1n) is 7.24. The van der Waals surface area contributed by atoms with E-state index in [0.29, 0.717) is 5.41 Å². The Morgan fingerprint density at radius 2 is 1.88 bits per heavy atom. The smallest absolute Gasteiger partial charge is 0.00956 e. The zero-order valence-electron chi connectivity index (χ0n) is 11.6. The minimum atomic E-state index is 0.581. The molecule has 2 aliphatic carbocycles. The summed E-state index contributed by atoms with van der Waals surface area (Å²) in [5, 5.41) is 3.91. The Morgan fingerprint density at radius 1 is 1.19 bits per heavy atom. The molecule has 0 aliphatic heterocycles. The molecule has 0 bridgehead atoms. The van der Waals surface area contributed by atoms with Crippen molar-refractivity contribution >= 4 is 0 Å². The lowest BCUT2D eigenvalue weighted by atomic mass is 9.70. The average molecular weight is 223 g/mol. The van der Waals surface area contributed by atoms with Crippen LogP contribution in [-0.2, 0) is 0 Å². The van der Waals surface area contributed by atoms with Gasteiger partial charge < -0.3 is 5.32 Å². The van der Waals surface area contributed by atoms with Crippen molar-refractivity contribution in [1.29, 1.82) is 0 Å². The van der Waals surface area contributed by atoms with E-state index < -0.39 is 0 Å². The molecular formula is C15H29N. The van der Waals surface area contributed by atoms with Crippen LogP contribution in [0.2, 0.25) is 0 Å². The molecule has 1 N–H and O–H groups in total. The predicted molar refractivity (Wildman–Crippen MR) is 70.5 cm³/mol. The molecule has 2 rings (SSSR count). The van der Waals surface area contributed by atoms with Gasteiger partial charge in [-0.3, -0.25) is 0 Å². The Labute approximate surface area is 101 Å². The van der Waals surface area contributed by atoms with Crippen molar-refractivity contribution in [3.05, 3.63) is 0 Å². The molecule has 1 heteroatoms. The Morgan fingerprint density at radius 3 is 2.38 bits per heavy atom. The van der Waals surface area contributed by atoms with E-state index in [0.717, 1.165) is 23.9 Å². The maximum absolute atomic E-state index is 3.91. The summed E-state index contributed by atoms with van der Waals surface area (Å²) in [5.74, 6) is 1.83. The normalized spacial score (nSPS) is 36.8. The molecule has 2 saturated carbocycles. The van der Waals surface area contributed by atoms with Crippen molar-refractivity contribution in [2.75, 3.05) is 0 Å². The Hall–Kier alpha value is -0.0400. The fourth-order valence-corrected chi connectivity index (χ4v) is 3.61. The molecule has 2 aliphatic rings. The first kappa shape index (κ1) is 12.4. The number of hydrogen-bond acceptors (Lipinski definition) is 1. The van der Waals surface area contributed by atoms with Gasteiger partial charge in [-0.05, 0) is 56.3 Å². The predicted octanol–water partition coefficient (Wildman–Crippen LogP) is 3.98. The molecular weight excluding hydrogens is 194 g/mol. The summed E-state index contributed by atoms with van der Waals surface area (Å²) >= 11 is 0. The zero-order valence-corrected chi connectivity index (χ0v) is 11.6. The van der Waals surface area contributed by atoms with E-state index in [2.05, 4.69) is 33.0 Å². The third-order valence-electron chi connectivity index (χ3n) is 5.03. The second-order valence-corrected chi connectivity index (χ2v) is 7.14. The van der Waals surface area contributed by atoms with E-state index in [1.54, 1.807) is 0 Å². The van der Waals surface area contributed by atoms with Crippen LogP contribution in [0.1, 0.15) is 66.2 Å². The molecule has 0 aromatic heterocycles. The quantitative estimate of drug-likeness (QED) is 0.763. The third kappa shape index (κ3) is 2.80. The SMILES string of the molecule is CC1CC(C)(C)CCC1NC(C)C1CCC1. The molecule has 3 unspecified atom stereocenters. The maximum atomic E-state index is 3.91. The van der Waals surface area contributed by atoms with Crippen molar-refractivity contribution in [1.82, 2.24) is 5.32 Å². The fraction of sp³-hybridized carbons (Fsp3) is 1.00. The van der Waals surface area contributed by atoms with Crippen molar-refractivity contribution < 1.29 is 0 Å². The molecule has 3 atom stereocenters. The minimum absolute atomic E-state index is 0.581.